The average molecular weight is 352 g/mol. The minimum Gasteiger partial charge on any atom is -0.354 e. The Morgan fingerprint density at radius 1 is 0.769 bits per heavy atom. The minimum absolute atomic E-state index is 0.843. The molecule has 0 bridgehead atoms. The second-order valence-electron chi connectivity index (χ2n) is 6.05. The predicted molar refractivity (Wildman–Crippen MR) is 113 cm³/mol. The van der Waals surface area contributed by atoms with Crippen molar-refractivity contribution in [3.8, 4) is 0 Å². The van der Waals surface area contributed by atoms with Gasteiger partial charge in [0.05, 0.1) is 6.54 Å². The molecule has 0 saturated carbocycles. The molecule has 0 aromatic heterocycles. The van der Waals surface area contributed by atoms with Gasteiger partial charge in [-0.3, -0.25) is 9.89 Å². The first-order chi connectivity index (χ1) is 12.9. The van der Waals surface area contributed by atoms with E-state index in [2.05, 4.69) is 64.4 Å². The summed E-state index contributed by atoms with van der Waals surface area (Å²) in [4.78, 5) is 9.75. The van der Waals surface area contributed by atoms with Crippen molar-refractivity contribution in [3.63, 3.8) is 0 Å². The fourth-order valence-electron chi connectivity index (χ4n) is 3.35. The quantitative estimate of drug-likeness (QED) is 0.773. The number of benzene rings is 2. The van der Waals surface area contributed by atoms with Crippen LogP contribution in [-0.4, -0.2) is 41.8 Å². The van der Waals surface area contributed by atoms with Gasteiger partial charge in [-0.25, -0.2) is 0 Å². The zero-order valence-electron chi connectivity index (χ0n) is 16.8. The Labute approximate surface area is 159 Å². The molecule has 4 rings (SSSR count). The van der Waals surface area contributed by atoms with Gasteiger partial charge in [-0.1, -0.05) is 82.3 Å². The Bertz CT molecular complexity index is 671. The van der Waals surface area contributed by atoms with E-state index in [1.165, 1.54) is 22.5 Å². The fraction of sp³-hybridized carbons (Fsp3) is 0.435. The zero-order valence-corrected chi connectivity index (χ0v) is 16.8. The fourth-order valence-corrected chi connectivity index (χ4v) is 3.35. The van der Waals surface area contributed by atoms with Gasteiger partial charge in [0.2, 0.25) is 0 Å². The van der Waals surface area contributed by atoms with Crippen molar-refractivity contribution in [2.75, 3.05) is 26.2 Å². The van der Waals surface area contributed by atoms with Crippen LogP contribution in [0.1, 0.15) is 44.4 Å². The van der Waals surface area contributed by atoms with Crippen molar-refractivity contribution in [2.45, 2.75) is 40.8 Å². The maximum Gasteiger partial charge on any atom is 0.131 e. The van der Waals surface area contributed by atoms with Crippen molar-refractivity contribution in [1.82, 2.24) is 9.80 Å². The van der Waals surface area contributed by atoms with E-state index in [0.717, 1.165) is 39.3 Å². The summed E-state index contributed by atoms with van der Waals surface area (Å²) in [5, 5.41) is 0. The van der Waals surface area contributed by atoms with Gasteiger partial charge in [-0.15, -0.1) is 0 Å². The lowest BCUT2D eigenvalue weighted by atomic mass is 10.1. The SMILES string of the molecule is CC.CC.c1ccc(CN2CCN(C3=NCc4ccccc43)CC2)cc1. The van der Waals surface area contributed by atoms with E-state index < -0.39 is 0 Å². The van der Waals surface area contributed by atoms with E-state index in [9.17, 15) is 0 Å². The number of piperazine rings is 1. The summed E-state index contributed by atoms with van der Waals surface area (Å²) in [5.41, 5.74) is 4.10. The van der Waals surface area contributed by atoms with Crippen LogP contribution >= 0.6 is 0 Å². The third-order valence-electron chi connectivity index (χ3n) is 4.58. The van der Waals surface area contributed by atoms with Crippen LogP contribution in [0.3, 0.4) is 0 Å². The Morgan fingerprint density at radius 2 is 1.38 bits per heavy atom. The Kier molecular flexibility index (Phi) is 8.36. The summed E-state index contributed by atoms with van der Waals surface area (Å²) in [7, 11) is 0. The molecule has 3 heteroatoms. The molecule has 2 aliphatic rings. The van der Waals surface area contributed by atoms with Gasteiger partial charge < -0.3 is 4.90 Å². The van der Waals surface area contributed by atoms with Crippen molar-refractivity contribution in [3.05, 3.63) is 71.3 Å². The Balaban J connectivity index is 0.000000570. The zero-order chi connectivity index (χ0) is 18.8. The first-order valence-electron chi connectivity index (χ1n) is 10.0. The predicted octanol–water partition coefficient (Wildman–Crippen LogP) is 4.82. The molecular formula is C23H33N3. The van der Waals surface area contributed by atoms with Crippen LogP contribution < -0.4 is 0 Å². The lowest BCUT2D eigenvalue weighted by molar-refractivity contribution is 0.176. The van der Waals surface area contributed by atoms with Gasteiger partial charge in [0, 0.05) is 38.3 Å². The maximum absolute atomic E-state index is 4.76. The van der Waals surface area contributed by atoms with E-state index >= 15 is 0 Å². The highest BCUT2D eigenvalue weighted by atomic mass is 15.3. The number of aliphatic imine (C=N–C) groups is 1. The van der Waals surface area contributed by atoms with E-state index in [0.29, 0.717) is 0 Å². The molecule has 2 heterocycles. The topological polar surface area (TPSA) is 18.8 Å². The molecule has 26 heavy (non-hydrogen) atoms. The van der Waals surface area contributed by atoms with E-state index in [4.69, 9.17) is 4.99 Å². The molecule has 3 nitrogen and oxygen atoms in total. The van der Waals surface area contributed by atoms with Crippen LogP contribution in [0.2, 0.25) is 0 Å². The summed E-state index contributed by atoms with van der Waals surface area (Å²) in [6, 6.07) is 19.4. The van der Waals surface area contributed by atoms with Gasteiger partial charge in [0.25, 0.3) is 0 Å². The highest BCUT2D eigenvalue weighted by Gasteiger charge is 2.24. The van der Waals surface area contributed by atoms with Crippen LogP contribution in [0, 0.1) is 0 Å². The minimum atomic E-state index is 0.843. The van der Waals surface area contributed by atoms with Gasteiger partial charge in [-0.05, 0) is 11.1 Å². The molecule has 2 aromatic carbocycles. The first-order valence-corrected chi connectivity index (χ1v) is 10.0. The Hall–Kier alpha value is -2.13. The van der Waals surface area contributed by atoms with E-state index in [1.807, 2.05) is 27.7 Å². The molecule has 0 unspecified atom stereocenters. The van der Waals surface area contributed by atoms with Crippen molar-refractivity contribution in [1.29, 1.82) is 0 Å². The van der Waals surface area contributed by atoms with E-state index in [1.54, 1.807) is 0 Å². The van der Waals surface area contributed by atoms with Crippen LogP contribution in [0.25, 0.3) is 0 Å². The number of rotatable bonds is 2. The Morgan fingerprint density at radius 3 is 2.08 bits per heavy atom. The molecular weight excluding hydrogens is 318 g/mol. The second-order valence-corrected chi connectivity index (χ2v) is 6.05. The molecule has 0 atom stereocenters. The summed E-state index contributed by atoms with van der Waals surface area (Å²) < 4.78 is 0. The monoisotopic (exact) mass is 351 g/mol. The van der Waals surface area contributed by atoms with Gasteiger partial charge >= 0.3 is 0 Å². The lowest BCUT2D eigenvalue weighted by Gasteiger charge is -2.36. The molecule has 1 saturated heterocycles. The standard InChI is InChI=1S/C19H21N3.2C2H6/c1-2-6-16(7-3-1)15-21-10-12-22(13-11-21)19-18-9-5-4-8-17(18)14-20-19;2*1-2/h1-9H,10-15H2;2*1-2H3. The lowest BCUT2D eigenvalue weighted by Crippen LogP contribution is -2.48. The van der Waals surface area contributed by atoms with Gasteiger partial charge in [0.1, 0.15) is 5.84 Å². The molecule has 1 fully saturated rings. The van der Waals surface area contributed by atoms with Crippen LogP contribution in [0.15, 0.2) is 59.6 Å². The largest absolute Gasteiger partial charge is 0.354 e. The van der Waals surface area contributed by atoms with Crippen molar-refractivity contribution >= 4 is 5.84 Å². The van der Waals surface area contributed by atoms with Crippen LogP contribution in [0.4, 0.5) is 0 Å². The molecule has 2 aliphatic heterocycles. The first kappa shape index (κ1) is 20.2. The van der Waals surface area contributed by atoms with Gasteiger partial charge in [0.15, 0.2) is 0 Å². The average Bonchev–Trinajstić information content (AvgIpc) is 3.17. The smallest absolute Gasteiger partial charge is 0.131 e. The molecule has 0 spiro atoms. The number of fused-ring (bicyclic) bond motifs is 1. The normalized spacial score (nSPS) is 15.8. The number of hydrogen-bond donors (Lipinski definition) is 0. The summed E-state index contributed by atoms with van der Waals surface area (Å²) in [5.74, 6) is 1.20. The maximum atomic E-state index is 4.76. The van der Waals surface area contributed by atoms with Crippen molar-refractivity contribution < 1.29 is 0 Å². The van der Waals surface area contributed by atoms with E-state index in [-0.39, 0.29) is 0 Å². The number of nitrogens with zero attached hydrogens (tertiary/aromatic N) is 3. The summed E-state index contributed by atoms with van der Waals surface area (Å²) in [6.45, 7) is 14.2. The highest BCUT2D eigenvalue weighted by molar-refractivity contribution is 6.02. The molecule has 2 aromatic rings. The third-order valence-corrected chi connectivity index (χ3v) is 4.58. The van der Waals surface area contributed by atoms with Crippen molar-refractivity contribution in [2.24, 2.45) is 4.99 Å². The molecule has 0 N–H and O–H groups in total. The summed E-state index contributed by atoms with van der Waals surface area (Å²) >= 11 is 0. The molecule has 0 amide bonds. The summed E-state index contributed by atoms with van der Waals surface area (Å²) in [6.07, 6.45) is 0. The van der Waals surface area contributed by atoms with Crippen LogP contribution in [0.5, 0.6) is 0 Å². The van der Waals surface area contributed by atoms with Crippen LogP contribution in [-0.2, 0) is 13.1 Å². The molecule has 0 radical (unpaired) electrons. The molecule has 0 aliphatic carbocycles. The number of amidine groups is 1. The number of hydrogen-bond acceptors (Lipinski definition) is 3. The second kappa shape index (κ2) is 10.8. The van der Waals surface area contributed by atoms with Gasteiger partial charge in [-0.2, -0.15) is 0 Å². The highest BCUT2D eigenvalue weighted by Crippen LogP contribution is 2.21. The molecule has 140 valence electrons. The third kappa shape index (κ3) is 4.95.